The van der Waals surface area contributed by atoms with Crippen LogP contribution in [0.2, 0.25) is 5.02 Å². The fourth-order valence-corrected chi connectivity index (χ4v) is 4.75. The Balaban J connectivity index is 1.66. The lowest BCUT2D eigenvalue weighted by Gasteiger charge is -2.27. The molecule has 2 fully saturated rings. The summed E-state index contributed by atoms with van der Waals surface area (Å²) in [5, 5.41) is 0.425. The van der Waals surface area contributed by atoms with Crippen LogP contribution in [0.25, 0.3) is 6.08 Å². The Hall–Kier alpha value is -1.32. The molecule has 0 N–H and O–H groups in total. The monoisotopic (exact) mass is 442 g/mol. The smallest absolute Gasteiger partial charge is 0.266 e. The lowest BCUT2D eigenvalue weighted by molar-refractivity contribution is -0.122. The van der Waals surface area contributed by atoms with Gasteiger partial charge in [-0.2, -0.15) is 0 Å². The number of carbonyl (C=O) groups is 1. The van der Waals surface area contributed by atoms with Gasteiger partial charge in [-0.3, -0.25) is 14.6 Å². The third-order valence-corrected chi connectivity index (χ3v) is 6.25. The molecule has 2 saturated heterocycles. The molecule has 0 radical (unpaired) electrons. The molecule has 9 heteroatoms. The van der Waals surface area contributed by atoms with E-state index in [0.29, 0.717) is 32.3 Å². The third kappa shape index (κ3) is 4.99. The molecule has 0 unspecified atom stereocenters. The van der Waals surface area contributed by atoms with Crippen molar-refractivity contribution in [1.82, 2.24) is 9.80 Å². The predicted octanol–water partition coefficient (Wildman–Crippen LogP) is 3.28. The number of ether oxygens (including phenoxy) is 3. The predicted molar refractivity (Wildman–Crippen MR) is 116 cm³/mol. The van der Waals surface area contributed by atoms with Crippen LogP contribution in [0.3, 0.4) is 0 Å². The first-order valence-corrected chi connectivity index (χ1v) is 10.6. The van der Waals surface area contributed by atoms with E-state index in [2.05, 4.69) is 4.90 Å². The van der Waals surface area contributed by atoms with E-state index in [1.165, 1.54) is 18.9 Å². The highest BCUT2D eigenvalue weighted by Gasteiger charge is 2.31. The molecule has 2 heterocycles. The number of methoxy groups -OCH3 is 2. The average Bonchev–Trinajstić information content (AvgIpc) is 2.95. The number of amides is 1. The summed E-state index contributed by atoms with van der Waals surface area (Å²) in [6, 6.07) is 3.53. The molecule has 1 aromatic carbocycles. The quantitative estimate of drug-likeness (QED) is 0.474. The number of thioether (sulfide) groups is 1. The first-order chi connectivity index (χ1) is 13.5. The van der Waals surface area contributed by atoms with Crippen LogP contribution >= 0.6 is 35.6 Å². The normalized spacial score (nSPS) is 19.5. The fraction of sp³-hybridized carbons (Fsp3) is 0.474. The van der Waals surface area contributed by atoms with E-state index in [4.69, 9.17) is 38.0 Å². The van der Waals surface area contributed by atoms with Crippen molar-refractivity contribution in [3.8, 4) is 11.5 Å². The summed E-state index contributed by atoms with van der Waals surface area (Å²) in [6.45, 7) is 4.99. The van der Waals surface area contributed by atoms with Gasteiger partial charge in [0, 0.05) is 26.2 Å². The minimum Gasteiger partial charge on any atom is -0.493 e. The summed E-state index contributed by atoms with van der Waals surface area (Å²) in [5.41, 5.74) is 0.761. The van der Waals surface area contributed by atoms with Gasteiger partial charge in [-0.15, -0.1) is 0 Å². The van der Waals surface area contributed by atoms with Crippen molar-refractivity contribution in [2.75, 3.05) is 53.6 Å². The zero-order chi connectivity index (χ0) is 20.1. The van der Waals surface area contributed by atoms with Gasteiger partial charge in [0.15, 0.2) is 11.5 Å². The maximum atomic E-state index is 12.8. The fourth-order valence-electron chi connectivity index (χ4n) is 3.14. The van der Waals surface area contributed by atoms with Crippen molar-refractivity contribution in [3.05, 3.63) is 27.6 Å². The molecule has 0 saturated carbocycles. The molecule has 1 amide bonds. The van der Waals surface area contributed by atoms with E-state index >= 15 is 0 Å². The van der Waals surface area contributed by atoms with Crippen LogP contribution in [-0.2, 0) is 9.53 Å². The number of hydrogen-bond donors (Lipinski definition) is 0. The summed E-state index contributed by atoms with van der Waals surface area (Å²) >= 11 is 13.0. The minimum atomic E-state index is -0.0668. The molecule has 0 aliphatic carbocycles. The van der Waals surface area contributed by atoms with E-state index in [0.717, 1.165) is 44.8 Å². The van der Waals surface area contributed by atoms with Gasteiger partial charge in [-0.05, 0) is 30.2 Å². The molecule has 0 bridgehead atoms. The molecular weight excluding hydrogens is 420 g/mol. The molecule has 0 aromatic heterocycles. The van der Waals surface area contributed by atoms with E-state index in [9.17, 15) is 4.79 Å². The van der Waals surface area contributed by atoms with Crippen LogP contribution in [0.15, 0.2) is 17.0 Å². The number of benzene rings is 1. The molecule has 0 atom stereocenters. The number of halogens is 1. The number of morpholine rings is 1. The number of nitrogens with zero attached hydrogens (tertiary/aromatic N) is 2. The topological polar surface area (TPSA) is 51.2 Å². The van der Waals surface area contributed by atoms with Crippen molar-refractivity contribution in [1.29, 1.82) is 0 Å². The molecule has 28 heavy (non-hydrogen) atoms. The highest BCUT2D eigenvalue weighted by atomic mass is 35.5. The summed E-state index contributed by atoms with van der Waals surface area (Å²) in [7, 11) is 3.08. The molecule has 2 aliphatic rings. The first kappa shape index (κ1) is 21.4. The minimum absolute atomic E-state index is 0.0668. The van der Waals surface area contributed by atoms with Crippen LogP contribution in [0, 0.1) is 0 Å². The van der Waals surface area contributed by atoms with Gasteiger partial charge in [0.25, 0.3) is 5.91 Å². The SMILES string of the molecule is COc1cc(C=C2SC(=S)N(CCCN3CCOCC3)C2=O)cc(Cl)c1OC. The second kappa shape index (κ2) is 9.93. The highest BCUT2D eigenvalue weighted by molar-refractivity contribution is 8.26. The molecule has 1 aromatic rings. The molecule has 2 aliphatic heterocycles. The molecule has 0 spiro atoms. The van der Waals surface area contributed by atoms with Gasteiger partial charge in [-0.25, -0.2) is 0 Å². The molecular formula is C19H23ClN2O4S2. The zero-order valence-electron chi connectivity index (χ0n) is 15.9. The summed E-state index contributed by atoms with van der Waals surface area (Å²) < 4.78 is 16.5. The largest absolute Gasteiger partial charge is 0.493 e. The lowest BCUT2D eigenvalue weighted by Crippen LogP contribution is -2.38. The Morgan fingerprint density at radius 2 is 2.00 bits per heavy atom. The summed E-state index contributed by atoms with van der Waals surface area (Å²) in [5.74, 6) is 0.919. The van der Waals surface area contributed by atoms with Crippen molar-refractivity contribution in [2.45, 2.75) is 6.42 Å². The average molecular weight is 443 g/mol. The van der Waals surface area contributed by atoms with Gasteiger partial charge in [0.2, 0.25) is 0 Å². The number of hydrogen-bond acceptors (Lipinski definition) is 7. The van der Waals surface area contributed by atoms with Gasteiger partial charge in [0.1, 0.15) is 4.32 Å². The van der Waals surface area contributed by atoms with E-state index < -0.39 is 0 Å². The van der Waals surface area contributed by atoms with Crippen LogP contribution < -0.4 is 9.47 Å². The summed E-state index contributed by atoms with van der Waals surface area (Å²) in [6.07, 6.45) is 2.66. The lowest BCUT2D eigenvalue weighted by atomic mass is 10.1. The molecule has 152 valence electrons. The first-order valence-electron chi connectivity index (χ1n) is 9.00. The maximum Gasteiger partial charge on any atom is 0.266 e. The van der Waals surface area contributed by atoms with Crippen LogP contribution in [0.4, 0.5) is 0 Å². The maximum absolute atomic E-state index is 12.8. The van der Waals surface area contributed by atoms with Gasteiger partial charge < -0.3 is 14.2 Å². The third-order valence-electron chi connectivity index (χ3n) is 4.59. The standard InChI is InChI=1S/C19H23ClN2O4S2/c1-24-15-11-13(10-14(20)17(15)25-2)12-16-18(23)22(19(27)28-16)5-3-4-21-6-8-26-9-7-21/h10-12H,3-9H2,1-2H3. The Morgan fingerprint density at radius 3 is 2.68 bits per heavy atom. The highest BCUT2D eigenvalue weighted by Crippen LogP contribution is 2.38. The van der Waals surface area contributed by atoms with Crippen LogP contribution in [-0.4, -0.2) is 73.6 Å². The second-order valence-electron chi connectivity index (χ2n) is 6.38. The Morgan fingerprint density at radius 1 is 1.25 bits per heavy atom. The van der Waals surface area contributed by atoms with E-state index in [-0.39, 0.29) is 5.91 Å². The van der Waals surface area contributed by atoms with E-state index in [1.54, 1.807) is 30.2 Å². The van der Waals surface area contributed by atoms with Gasteiger partial charge >= 0.3 is 0 Å². The number of carbonyl (C=O) groups excluding carboxylic acids is 1. The van der Waals surface area contributed by atoms with Crippen LogP contribution in [0.5, 0.6) is 11.5 Å². The molecule has 3 rings (SSSR count). The van der Waals surface area contributed by atoms with Crippen LogP contribution in [0.1, 0.15) is 12.0 Å². The van der Waals surface area contributed by atoms with Crippen molar-refractivity contribution in [3.63, 3.8) is 0 Å². The van der Waals surface area contributed by atoms with Crippen molar-refractivity contribution < 1.29 is 19.0 Å². The number of thiocarbonyl (C=S) groups is 1. The second-order valence-corrected chi connectivity index (χ2v) is 8.46. The number of rotatable bonds is 7. The van der Waals surface area contributed by atoms with E-state index in [1.807, 2.05) is 0 Å². The summed E-state index contributed by atoms with van der Waals surface area (Å²) in [4.78, 5) is 17.4. The Bertz CT molecular complexity index is 781. The molecule has 6 nitrogen and oxygen atoms in total. The zero-order valence-corrected chi connectivity index (χ0v) is 18.3. The Kier molecular flexibility index (Phi) is 7.59. The van der Waals surface area contributed by atoms with Crippen molar-refractivity contribution in [2.24, 2.45) is 0 Å². The van der Waals surface area contributed by atoms with Gasteiger partial charge in [0.05, 0.1) is 37.4 Å². The van der Waals surface area contributed by atoms with Gasteiger partial charge in [-0.1, -0.05) is 35.6 Å². The van der Waals surface area contributed by atoms with Crippen molar-refractivity contribution >= 4 is 51.9 Å². The Labute approximate surface area is 179 Å².